The van der Waals surface area contributed by atoms with Crippen LogP contribution < -0.4 is 0 Å². The summed E-state index contributed by atoms with van der Waals surface area (Å²) in [5.74, 6) is 0. The molecule has 46 heavy (non-hydrogen) atoms. The largest absolute Gasteiger partial charge is 0.416 e. The lowest BCUT2D eigenvalue weighted by atomic mass is 10.0. The van der Waals surface area contributed by atoms with Crippen LogP contribution in [0.1, 0.15) is 28.3 Å². The Kier molecular flexibility index (Phi) is 6.53. The van der Waals surface area contributed by atoms with Crippen LogP contribution in [0.25, 0.3) is 79.8 Å². The fourth-order valence-electron chi connectivity index (χ4n) is 6.09. The standard InChI is InChI=1S/C39H25F3N4/c40-39(41,42)27-13-11-26(12-14-27)38-34-21-19-32(45-34)36(24-7-3-1-4-8-24)30-17-15-28(43-30)23-29-16-18-31(44-29)37(25-9-5-2-6-10-25)33-20-22-35(38)46-33/h1-23,43,46H. The SMILES string of the molecule is FC(F)(F)c1ccc(-c2c3nc(c(-c4ccccc4)c4ccc(cc5nc(c(-c6ccccc6)c6ccc2[nH]6)C=C5)[nH]4)C=C3)cc1. The zero-order valence-corrected chi connectivity index (χ0v) is 24.3. The molecule has 0 amide bonds. The van der Waals surface area contributed by atoms with E-state index in [0.717, 1.165) is 73.5 Å². The van der Waals surface area contributed by atoms with Crippen LogP contribution in [0.5, 0.6) is 0 Å². The van der Waals surface area contributed by atoms with Crippen LogP contribution in [0, 0.1) is 0 Å². The Morgan fingerprint density at radius 1 is 0.457 bits per heavy atom. The van der Waals surface area contributed by atoms with Gasteiger partial charge in [-0.15, -0.1) is 0 Å². The summed E-state index contributed by atoms with van der Waals surface area (Å²) in [6.07, 6.45) is 3.44. The van der Waals surface area contributed by atoms with E-state index in [1.165, 1.54) is 12.1 Å². The number of aromatic nitrogens is 4. The van der Waals surface area contributed by atoms with E-state index in [4.69, 9.17) is 9.97 Å². The predicted octanol–water partition coefficient (Wildman–Crippen LogP) is 10.7. The molecule has 7 heteroatoms. The molecule has 3 aromatic heterocycles. The maximum absolute atomic E-state index is 13.5. The Morgan fingerprint density at radius 2 is 0.935 bits per heavy atom. The second-order valence-corrected chi connectivity index (χ2v) is 11.2. The van der Waals surface area contributed by atoms with Crippen LogP contribution in [0.4, 0.5) is 13.2 Å². The Hall–Kier alpha value is -5.95. The molecule has 6 aromatic rings. The van der Waals surface area contributed by atoms with Crippen LogP contribution in [-0.2, 0) is 6.18 Å². The minimum Gasteiger partial charge on any atom is -0.355 e. The monoisotopic (exact) mass is 606 g/mol. The molecule has 0 atom stereocenters. The molecule has 2 aliphatic rings. The summed E-state index contributed by atoms with van der Waals surface area (Å²) in [7, 11) is 0. The molecule has 4 nitrogen and oxygen atoms in total. The molecule has 8 rings (SSSR count). The second-order valence-electron chi connectivity index (χ2n) is 11.2. The Morgan fingerprint density at radius 3 is 1.50 bits per heavy atom. The lowest BCUT2D eigenvalue weighted by molar-refractivity contribution is -0.137. The highest BCUT2D eigenvalue weighted by molar-refractivity contribution is 5.97. The number of fused-ring (bicyclic) bond motifs is 8. The van der Waals surface area contributed by atoms with E-state index < -0.39 is 11.7 Å². The van der Waals surface area contributed by atoms with Crippen molar-refractivity contribution in [3.8, 4) is 33.4 Å². The highest BCUT2D eigenvalue weighted by Crippen LogP contribution is 2.37. The molecule has 0 saturated heterocycles. The van der Waals surface area contributed by atoms with Crippen molar-refractivity contribution in [1.29, 1.82) is 0 Å². The van der Waals surface area contributed by atoms with Gasteiger partial charge in [-0.1, -0.05) is 72.8 Å². The van der Waals surface area contributed by atoms with Gasteiger partial charge in [0.05, 0.1) is 28.3 Å². The number of aromatic amines is 2. The van der Waals surface area contributed by atoms with Gasteiger partial charge in [-0.05, 0) is 83.5 Å². The zero-order valence-electron chi connectivity index (χ0n) is 24.3. The van der Waals surface area contributed by atoms with E-state index in [0.29, 0.717) is 16.8 Å². The molecule has 2 aliphatic heterocycles. The van der Waals surface area contributed by atoms with Crippen molar-refractivity contribution in [2.24, 2.45) is 0 Å². The molecule has 0 saturated carbocycles. The smallest absolute Gasteiger partial charge is 0.355 e. The summed E-state index contributed by atoms with van der Waals surface area (Å²) >= 11 is 0. The van der Waals surface area contributed by atoms with Gasteiger partial charge in [0.1, 0.15) is 0 Å². The first kappa shape index (κ1) is 27.6. The molecule has 0 unspecified atom stereocenters. The number of nitrogens with one attached hydrogen (secondary N) is 2. The topological polar surface area (TPSA) is 57.4 Å². The first-order chi connectivity index (χ1) is 22.4. The summed E-state index contributed by atoms with van der Waals surface area (Å²) in [4.78, 5) is 17.2. The first-order valence-electron chi connectivity index (χ1n) is 14.8. The Bertz CT molecular complexity index is 2290. The number of halogens is 3. The molecule has 5 heterocycles. The van der Waals surface area contributed by atoms with E-state index in [1.807, 2.05) is 115 Å². The van der Waals surface area contributed by atoms with E-state index in [-0.39, 0.29) is 0 Å². The van der Waals surface area contributed by atoms with Gasteiger partial charge in [-0.3, -0.25) is 0 Å². The average molecular weight is 607 g/mol. The van der Waals surface area contributed by atoms with Crippen LogP contribution in [0.2, 0.25) is 0 Å². The Balaban J connectivity index is 1.51. The number of hydrogen-bond donors (Lipinski definition) is 2. The molecular weight excluding hydrogens is 581 g/mol. The zero-order chi connectivity index (χ0) is 31.3. The molecule has 0 spiro atoms. The van der Waals surface area contributed by atoms with Gasteiger partial charge < -0.3 is 9.97 Å². The minimum atomic E-state index is -4.44. The van der Waals surface area contributed by atoms with E-state index in [9.17, 15) is 13.2 Å². The molecular formula is C39H25F3N4. The lowest BCUT2D eigenvalue weighted by Gasteiger charge is -2.09. The summed E-state index contributed by atoms with van der Waals surface area (Å²) < 4.78 is 40.6. The maximum Gasteiger partial charge on any atom is 0.416 e. The first-order valence-corrected chi connectivity index (χ1v) is 14.8. The quantitative estimate of drug-likeness (QED) is 0.210. The minimum absolute atomic E-state index is 0.611. The van der Waals surface area contributed by atoms with Crippen molar-refractivity contribution < 1.29 is 13.2 Å². The van der Waals surface area contributed by atoms with Crippen LogP contribution in [-0.4, -0.2) is 19.9 Å². The number of H-pyrrole nitrogens is 2. The fourth-order valence-corrected chi connectivity index (χ4v) is 6.09. The van der Waals surface area contributed by atoms with Crippen LogP contribution in [0.15, 0.2) is 115 Å². The summed E-state index contributed by atoms with van der Waals surface area (Å²) in [6, 6.07) is 35.3. The third-order valence-electron chi connectivity index (χ3n) is 8.20. The van der Waals surface area contributed by atoms with Gasteiger partial charge in [0, 0.05) is 38.8 Å². The molecule has 0 aliphatic carbocycles. The van der Waals surface area contributed by atoms with E-state index in [1.54, 1.807) is 0 Å². The van der Waals surface area contributed by atoms with Crippen molar-refractivity contribution in [2.75, 3.05) is 0 Å². The molecule has 8 bridgehead atoms. The molecule has 2 N–H and O–H groups in total. The van der Waals surface area contributed by atoms with E-state index in [2.05, 4.69) is 9.97 Å². The molecule has 222 valence electrons. The summed E-state index contributed by atoms with van der Waals surface area (Å²) in [5, 5.41) is 0. The highest BCUT2D eigenvalue weighted by Gasteiger charge is 2.30. The van der Waals surface area contributed by atoms with Crippen molar-refractivity contribution in [3.63, 3.8) is 0 Å². The van der Waals surface area contributed by atoms with Gasteiger partial charge in [0.25, 0.3) is 0 Å². The summed E-state index contributed by atoms with van der Waals surface area (Å²) in [5.41, 5.74) is 10.7. The predicted molar refractivity (Wildman–Crippen MR) is 180 cm³/mol. The van der Waals surface area contributed by atoms with Crippen LogP contribution in [0.3, 0.4) is 0 Å². The Labute approximate surface area is 262 Å². The number of nitrogens with zero attached hydrogens (tertiary/aromatic N) is 2. The number of benzene rings is 3. The highest BCUT2D eigenvalue weighted by atomic mass is 19.4. The second kappa shape index (κ2) is 10.9. The van der Waals surface area contributed by atoms with Crippen molar-refractivity contribution in [1.82, 2.24) is 19.9 Å². The van der Waals surface area contributed by atoms with E-state index >= 15 is 0 Å². The van der Waals surface area contributed by atoms with Gasteiger partial charge in [0.15, 0.2) is 0 Å². The number of hydrogen-bond acceptors (Lipinski definition) is 2. The van der Waals surface area contributed by atoms with Gasteiger partial charge in [-0.25, -0.2) is 9.97 Å². The lowest BCUT2D eigenvalue weighted by Crippen LogP contribution is -2.04. The third kappa shape index (κ3) is 5.02. The van der Waals surface area contributed by atoms with Crippen molar-refractivity contribution in [2.45, 2.75) is 6.18 Å². The van der Waals surface area contributed by atoms with Crippen LogP contribution >= 0.6 is 0 Å². The molecule has 0 fully saturated rings. The third-order valence-corrected chi connectivity index (χ3v) is 8.20. The average Bonchev–Trinajstić information content (AvgIpc) is 3.89. The maximum atomic E-state index is 13.5. The number of alkyl halides is 3. The fraction of sp³-hybridized carbons (Fsp3) is 0.0256. The van der Waals surface area contributed by atoms with Gasteiger partial charge in [-0.2, -0.15) is 13.2 Å². The van der Waals surface area contributed by atoms with Gasteiger partial charge >= 0.3 is 6.18 Å². The van der Waals surface area contributed by atoms with Crippen molar-refractivity contribution in [3.05, 3.63) is 144 Å². The summed E-state index contributed by atoms with van der Waals surface area (Å²) in [6.45, 7) is 0. The molecule has 3 aromatic carbocycles. The normalized spacial score (nSPS) is 12.5. The molecule has 0 radical (unpaired) electrons. The van der Waals surface area contributed by atoms with Crippen molar-refractivity contribution >= 4 is 46.4 Å². The number of rotatable bonds is 3. The van der Waals surface area contributed by atoms with Gasteiger partial charge in [0.2, 0.25) is 0 Å².